The van der Waals surface area contributed by atoms with Gasteiger partial charge in [-0.25, -0.2) is 0 Å². The predicted octanol–water partition coefficient (Wildman–Crippen LogP) is 1.54. The summed E-state index contributed by atoms with van der Waals surface area (Å²) >= 11 is 0. The Morgan fingerprint density at radius 3 is 2.53 bits per heavy atom. The Bertz CT molecular complexity index is 224. The van der Waals surface area contributed by atoms with E-state index in [4.69, 9.17) is 0 Å². The van der Waals surface area contributed by atoms with Crippen molar-refractivity contribution in [1.82, 2.24) is 15.1 Å². The highest BCUT2D eigenvalue weighted by atomic mass is 15.3. The molecule has 2 fully saturated rings. The average molecular weight is 239 g/mol. The molecular formula is C14H29N3. The molecular weight excluding hydrogens is 210 g/mol. The Morgan fingerprint density at radius 1 is 1.18 bits per heavy atom. The third kappa shape index (κ3) is 3.67. The molecule has 0 spiro atoms. The van der Waals surface area contributed by atoms with Crippen molar-refractivity contribution in [3.63, 3.8) is 0 Å². The van der Waals surface area contributed by atoms with Crippen molar-refractivity contribution in [2.75, 3.05) is 33.7 Å². The quantitative estimate of drug-likeness (QED) is 0.806. The summed E-state index contributed by atoms with van der Waals surface area (Å²) < 4.78 is 0. The lowest BCUT2D eigenvalue weighted by molar-refractivity contribution is 0.0517. The van der Waals surface area contributed by atoms with Gasteiger partial charge in [-0.15, -0.1) is 0 Å². The van der Waals surface area contributed by atoms with Crippen molar-refractivity contribution in [2.24, 2.45) is 0 Å². The zero-order valence-electron chi connectivity index (χ0n) is 11.8. The van der Waals surface area contributed by atoms with Crippen molar-refractivity contribution < 1.29 is 0 Å². The first-order valence-corrected chi connectivity index (χ1v) is 7.30. The molecule has 1 aliphatic heterocycles. The molecule has 1 heterocycles. The lowest BCUT2D eigenvalue weighted by atomic mass is 9.92. The van der Waals surface area contributed by atoms with Gasteiger partial charge < -0.3 is 10.2 Å². The summed E-state index contributed by atoms with van der Waals surface area (Å²) in [4.78, 5) is 5.14. The van der Waals surface area contributed by atoms with Crippen LogP contribution in [0, 0.1) is 0 Å². The number of nitrogens with one attached hydrogen (secondary N) is 1. The first-order valence-electron chi connectivity index (χ1n) is 7.30. The van der Waals surface area contributed by atoms with Gasteiger partial charge in [-0.2, -0.15) is 0 Å². The monoisotopic (exact) mass is 239 g/mol. The van der Waals surface area contributed by atoms with Gasteiger partial charge in [-0.1, -0.05) is 19.3 Å². The molecule has 0 amide bonds. The second kappa shape index (κ2) is 6.17. The normalized spacial score (nSPS) is 33.2. The van der Waals surface area contributed by atoms with E-state index in [2.05, 4.69) is 36.1 Å². The fourth-order valence-corrected chi connectivity index (χ4v) is 3.44. The van der Waals surface area contributed by atoms with Crippen LogP contribution in [0.4, 0.5) is 0 Å². The summed E-state index contributed by atoms with van der Waals surface area (Å²) in [5.41, 5.74) is 0. The molecule has 2 atom stereocenters. The van der Waals surface area contributed by atoms with Crippen LogP contribution in [0.1, 0.15) is 39.0 Å². The molecule has 3 nitrogen and oxygen atoms in total. The summed E-state index contributed by atoms with van der Waals surface area (Å²) in [7, 11) is 4.38. The van der Waals surface area contributed by atoms with Gasteiger partial charge in [0.05, 0.1) is 0 Å². The number of hydrogen-bond acceptors (Lipinski definition) is 3. The first kappa shape index (κ1) is 13.3. The molecule has 1 N–H and O–H groups in total. The maximum atomic E-state index is 3.64. The number of likely N-dealkylation sites (N-methyl/N-ethyl adjacent to an activating group) is 1. The minimum absolute atomic E-state index is 0.662. The zero-order chi connectivity index (χ0) is 12.3. The third-order valence-corrected chi connectivity index (χ3v) is 4.28. The van der Waals surface area contributed by atoms with E-state index < -0.39 is 0 Å². The minimum atomic E-state index is 0.662. The predicted molar refractivity (Wildman–Crippen MR) is 73.4 cm³/mol. The number of rotatable bonds is 3. The standard InChI is InChI=1S/C14H29N3/c1-12-10-17(13-7-5-4-6-8-13)14(9-15-12)11-16(2)3/h12-15H,4-11H2,1-3H3. The molecule has 2 aliphatic rings. The molecule has 1 aliphatic carbocycles. The Hall–Kier alpha value is -0.120. The van der Waals surface area contributed by atoms with Gasteiger partial charge in [0.1, 0.15) is 0 Å². The van der Waals surface area contributed by atoms with Gasteiger partial charge in [0, 0.05) is 37.8 Å². The minimum Gasteiger partial charge on any atom is -0.311 e. The van der Waals surface area contributed by atoms with Crippen LogP contribution in [0.25, 0.3) is 0 Å². The maximum Gasteiger partial charge on any atom is 0.0351 e. The van der Waals surface area contributed by atoms with Crippen LogP contribution in [-0.4, -0.2) is 61.7 Å². The van der Waals surface area contributed by atoms with Gasteiger partial charge in [0.15, 0.2) is 0 Å². The average Bonchev–Trinajstić information content (AvgIpc) is 2.32. The lowest BCUT2D eigenvalue weighted by Crippen LogP contribution is -2.61. The summed E-state index contributed by atoms with van der Waals surface area (Å²) in [5, 5.41) is 3.64. The number of nitrogens with zero attached hydrogens (tertiary/aromatic N) is 2. The first-order chi connectivity index (χ1) is 8.16. The van der Waals surface area contributed by atoms with Gasteiger partial charge in [-0.3, -0.25) is 4.90 Å². The van der Waals surface area contributed by atoms with Crippen LogP contribution in [-0.2, 0) is 0 Å². The Balaban J connectivity index is 1.96. The van der Waals surface area contributed by atoms with E-state index in [0.717, 1.165) is 12.6 Å². The molecule has 2 unspecified atom stereocenters. The highest BCUT2D eigenvalue weighted by Crippen LogP contribution is 2.25. The molecule has 0 radical (unpaired) electrons. The molecule has 2 rings (SSSR count). The van der Waals surface area contributed by atoms with E-state index in [1.807, 2.05) is 0 Å². The second-order valence-electron chi connectivity index (χ2n) is 6.21. The largest absolute Gasteiger partial charge is 0.311 e. The topological polar surface area (TPSA) is 18.5 Å². The zero-order valence-corrected chi connectivity index (χ0v) is 11.8. The third-order valence-electron chi connectivity index (χ3n) is 4.28. The summed E-state index contributed by atoms with van der Waals surface area (Å²) in [6, 6.07) is 2.23. The van der Waals surface area contributed by atoms with Crippen molar-refractivity contribution in [3.8, 4) is 0 Å². The lowest BCUT2D eigenvalue weighted by Gasteiger charge is -2.46. The molecule has 0 aromatic rings. The molecule has 17 heavy (non-hydrogen) atoms. The van der Waals surface area contributed by atoms with E-state index in [0.29, 0.717) is 12.1 Å². The van der Waals surface area contributed by atoms with Crippen LogP contribution >= 0.6 is 0 Å². The van der Waals surface area contributed by atoms with Gasteiger partial charge in [0.2, 0.25) is 0 Å². The van der Waals surface area contributed by atoms with Crippen LogP contribution in [0.5, 0.6) is 0 Å². The van der Waals surface area contributed by atoms with Crippen LogP contribution in [0.2, 0.25) is 0 Å². The Morgan fingerprint density at radius 2 is 1.88 bits per heavy atom. The summed E-state index contributed by atoms with van der Waals surface area (Å²) in [5.74, 6) is 0. The van der Waals surface area contributed by atoms with Crippen LogP contribution in [0.15, 0.2) is 0 Å². The van der Waals surface area contributed by atoms with Crippen molar-refractivity contribution in [1.29, 1.82) is 0 Å². The second-order valence-corrected chi connectivity index (χ2v) is 6.21. The smallest absolute Gasteiger partial charge is 0.0351 e. The highest BCUT2D eigenvalue weighted by molar-refractivity contribution is 4.90. The summed E-state index contributed by atoms with van der Waals surface area (Å²) in [6.45, 7) is 5.91. The van der Waals surface area contributed by atoms with E-state index in [1.54, 1.807) is 0 Å². The van der Waals surface area contributed by atoms with Crippen molar-refractivity contribution in [2.45, 2.75) is 57.2 Å². The van der Waals surface area contributed by atoms with E-state index in [-0.39, 0.29) is 0 Å². The van der Waals surface area contributed by atoms with Crippen LogP contribution < -0.4 is 5.32 Å². The van der Waals surface area contributed by atoms with Gasteiger partial charge in [0.25, 0.3) is 0 Å². The molecule has 100 valence electrons. The van der Waals surface area contributed by atoms with Crippen LogP contribution in [0.3, 0.4) is 0 Å². The Kier molecular flexibility index (Phi) is 4.83. The molecule has 0 aromatic carbocycles. The van der Waals surface area contributed by atoms with Gasteiger partial charge in [-0.05, 0) is 33.9 Å². The van der Waals surface area contributed by atoms with Crippen molar-refractivity contribution in [3.05, 3.63) is 0 Å². The highest BCUT2D eigenvalue weighted by Gasteiger charge is 2.32. The number of piperazine rings is 1. The Labute approximate surface area is 107 Å². The maximum absolute atomic E-state index is 3.64. The fraction of sp³-hybridized carbons (Fsp3) is 1.00. The molecule has 1 saturated carbocycles. The molecule has 1 saturated heterocycles. The molecule has 0 bridgehead atoms. The fourth-order valence-electron chi connectivity index (χ4n) is 3.44. The van der Waals surface area contributed by atoms with E-state index >= 15 is 0 Å². The molecule has 0 aromatic heterocycles. The summed E-state index contributed by atoms with van der Waals surface area (Å²) in [6.07, 6.45) is 7.19. The van der Waals surface area contributed by atoms with Gasteiger partial charge >= 0.3 is 0 Å². The van der Waals surface area contributed by atoms with Crippen molar-refractivity contribution >= 4 is 0 Å². The van der Waals surface area contributed by atoms with E-state index in [9.17, 15) is 0 Å². The SMILES string of the molecule is CC1CN(C2CCCCC2)C(CN(C)C)CN1. The number of hydrogen-bond donors (Lipinski definition) is 1. The van der Waals surface area contributed by atoms with E-state index in [1.165, 1.54) is 45.2 Å². The molecule has 3 heteroatoms.